The van der Waals surface area contributed by atoms with Crippen molar-refractivity contribution in [3.63, 3.8) is 0 Å². The molecular formula is C26H34N4O3. The minimum atomic E-state index is -0.613. The van der Waals surface area contributed by atoms with Gasteiger partial charge in [-0.2, -0.15) is 0 Å². The van der Waals surface area contributed by atoms with E-state index in [4.69, 9.17) is 4.84 Å². The Labute approximate surface area is 196 Å². The van der Waals surface area contributed by atoms with Gasteiger partial charge in [0.1, 0.15) is 13.2 Å². The molecule has 0 unspecified atom stereocenters. The van der Waals surface area contributed by atoms with E-state index in [0.717, 1.165) is 30.8 Å². The summed E-state index contributed by atoms with van der Waals surface area (Å²) >= 11 is 0. The van der Waals surface area contributed by atoms with Crippen LogP contribution in [0.4, 0.5) is 0 Å². The first kappa shape index (κ1) is 24.5. The monoisotopic (exact) mass is 450 g/mol. The molecule has 1 N–H and O–H groups in total. The SMILES string of the molecule is CCN(CC)CCNC(=O)[C@@H]1CC(=NOC)CN1C(=O)C(c1ccccc1)c1ccccc1. The van der Waals surface area contributed by atoms with Crippen LogP contribution in [0.3, 0.4) is 0 Å². The molecule has 1 saturated heterocycles. The van der Waals surface area contributed by atoms with Crippen LogP contribution < -0.4 is 5.32 Å². The van der Waals surface area contributed by atoms with Gasteiger partial charge in [-0.3, -0.25) is 9.59 Å². The quantitative estimate of drug-likeness (QED) is 0.565. The molecule has 0 bridgehead atoms. The number of likely N-dealkylation sites (tertiary alicyclic amines) is 1. The summed E-state index contributed by atoms with van der Waals surface area (Å²) in [5.74, 6) is -0.769. The number of oxime groups is 1. The second-order valence-corrected chi connectivity index (χ2v) is 8.10. The molecule has 7 heteroatoms. The molecule has 2 amide bonds. The highest BCUT2D eigenvalue weighted by atomic mass is 16.6. The van der Waals surface area contributed by atoms with Crippen molar-refractivity contribution in [2.75, 3.05) is 39.8 Å². The van der Waals surface area contributed by atoms with Crippen LogP contribution in [-0.2, 0) is 14.4 Å². The number of hydrogen-bond donors (Lipinski definition) is 1. The molecule has 1 aliphatic heterocycles. The molecular weight excluding hydrogens is 416 g/mol. The minimum Gasteiger partial charge on any atom is -0.399 e. The summed E-state index contributed by atoms with van der Waals surface area (Å²) in [5, 5.41) is 7.08. The van der Waals surface area contributed by atoms with E-state index < -0.39 is 12.0 Å². The highest BCUT2D eigenvalue weighted by molar-refractivity contribution is 6.02. The molecule has 2 aromatic carbocycles. The van der Waals surface area contributed by atoms with Gasteiger partial charge in [-0.05, 0) is 24.2 Å². The molecule has 2 aromatic rings. The number of nitrogens with one attached hydrogen (secondary N) is 1. The largest absolute Gasteiger partial charge is 0.399 e. The number of benzene rings is 2. The molecule has 0 aliphatic carbocycles. The highest BCUT2D eigenvalue weighted by Gasteiger charge is 2.41. The molecule has 1 fully saturated rings. The zero-order valence-corrected chi connectivity index (χ0v) is 19.7. The second kappa shape index (κ2) is 12.2. The smallest absolute Gasteiger partial charge is 0.243 e. The van der Waals surface area contributed by atoms with Gasteiger partial charge >= 0.3 is 0 Å². The van der Waals surface area contributed by atoms with Gasteiger partial charge in [0.2, 0.25) is 11.8 Å². The third kappa shape index (κ3) is 6.20. The van der Waals surface area contributed by atoms with Gasteiger partial charge in [-0.1, -0.05) is 79.7 Å². The van der Waals surface area contributed by atoms with E-state index in [1.54, 1.807) is 4.90 Å². The predicted octanol–water partition coefficient (Wildman–Crippen LogP) is 2.88. The average Bonchev–Trinajstić information content (AvgIpc) is 3.28. The number of hydrogen-bond acceptors (Lipinski definition) is 5. The molecule has 176 valence electrons. The summed E-state index contributed by atoms with van der Waals surface area (Å²) in [6.07, 6.45) is 0.368. The molecule has 0 radical (unpaired) electrons. The van der Waals surface area contributed by atoms with E-state index in [1.807, 2.05) is 60.7 Å². The summed E-state index contributed by atoms with van der Waals surface area (Å²) in [6, 6.07) is 18.8. The van der Waals surface area contributed by atoms with Crippen LogP contribution >= 0.6 is 0 Å². The van der Waals surface area contributed by atoms with Crippen molar-refractivity contribution in [2.24, 2.45) is 5.16 Å². The fraction of sp³-hybridized carbons (Fsp3) is 0.423. The number of carbonyl (C=O) groups excluding carboxylic acids is 2. The lowest BCUT2D eigenvalue weighted by Gasteiger charge is -2.28. The summed E-state index contributed by atoms with van der Waals surface area (Å²) < 4.78 is 0. The topological polar surface area (TPSA) is 74.2 Å². The molecule has 0 spiro atoms. The van der Waals surface area contributed by atoms with Crippen LogP contribution in [0, 0.1) is 0 Å². The molecule has 1 aliphatic rings. The third-order valence-corrected chi connectivity index (χ3v) is 6.10. The van der Waals surface area contributed by atoms with E-state index in [9.17, 15) is 9.59 Å². The van der Waals surface area contributed by atoms with E-state index >= 15 is 0 Å². The Bertz CT molecular complexity index is 890. The Balaban J connectivity index is 1.85. The number of nitrogens with zero attached hydrogens (tertiary/aromatic N) is 3. The minimum absolute atomic E-state index is 0.113. The van der Waals surface area contributed by atoms with Gasteiger partial charge < -0.3 is 20.0 Å². The fourth-order valence-electron chi connectivity index (χ4n) is 4.30. The molecule has 7 nitrogen and oxygen atoms in total. The summed E-state index contributed by atoms with van der Waals surface area (Å²) in [5.41, 5.74) is 2.48. The molecule has 3 rings (SSSR count). The Kier molecular flexibility index (Phi) is 9.01. The number of carbonyl (C=O) groups is 2. The molecule has 33 heavy (non-hydrogen) atoms. The second-order valence-electron chi connectivity index (χ2n) is 8.10. The lowest BCUT2D eigenvalue weighted by Crippen LogP contribution is -2.48. The Morgan fingerprint density at radius 1 is 1.06 bits per heavy atom. The molecule has 0 aromatic heterocycles. The van der Waals surface area contributed by atoms with Crippen LogP contribution in [0.15, 0.2) is 65.8 Å². The van der Waals surface area contributed by atoms with Crippen LogP contribution in [0.5, 0.6) is 0 Å². The van der Waals surface area contributed by atoms with Crippen molar-refractivity contribution in [1.29, 1.82) is 0 Å². The molecule has 0 saturated carbocycles. The van der Waals surface area contributed by atoms with Crippen molar-refractivity contribution in [3.05, 3.63) is 71.8 Å². The van der Waals surface area contributed by atoms with Gasteiger partial charge in [0.05, 0.1) is 18.2 Å². The molecule has 1 heterocycles. The standard InChI is InChI=1S/C26H34N4O3/c1-4-29(5-2)17-16-27-25(31)23-18-22(28-33-3)19-30(23)26(32)24(20-12-8-6-9-13-20)21-14-10-7-11-15-21/h6-15,23-24H,4-5,16-19H2,1-3H3,(H,27,31)/t23-/m0/s1. The highest BCUT2D eigenvalue weighted by Crippen LogP contribution is 2.30. The van der Waals surface area contributed by atoms with Crippen molar-refractivity contribution in [1.82, 2.24) is 15.1 Å². The van der Waals surface area contributed by atoms with Crippen molar-refractivity contribution in [2.45, 2.75) is 32.2 Å². The summed E-state index contributed by atoms with van der Waals surface area (Å²) in [7, 11) is 1.48. The molecule has 1 atom stereocenters. The Morgan fingerprint density at radius 3 is 2.15 bits per heavy atom. The zero-order valence-electron chi connectivity index (χ0n) is 19.7. The van der Waals surface area contributed by atoms with E-state index in [1.165, 1.54) is 7.11 Å². The zero-order chi connectivity index (χ0) is 23.6. The van der Waals surface area contributed by atoms with Crippen molar-refractivity contribution in [3.8, 4) is 0 Å². The van der Waals surface area contributed by atoms with Crippen molar-refractivity contribution >= 4 is 17.5 Å². The third-order valence-electron chi connectivity index (χ3n) is 6.10. The fourth-order valence-corrected chi connectivity index (χ4v) is 4.30. The maximum Gasteiger partial charge on any atom is 0.243 e. The van der Waals surface area contributed by atoms with Gasteiger partial charge in [-0.25, -0.2) is 0 Å². The lowest BCUT2D eigenvalue weighted by atomic mass is 9.90. The number of amides is 2. The van der Waals surface area contributed by atoms with Crippen LogP contribution in [0.2, 0.25) is 0 Å². The van der Waals surface area contributed by atoms with E-state index in [-0.39, 0.29) is 18.4 Å². The van der Waals surface area contributed by atoms with Crippen LogP contribution in [0.25, 0.3) is 0 Å². The Hall–Kier alpha value is -3.19. The number of rotatable bonds is 10. The van der Waals surface area contributed by atoms with Crippen molar-refractivity contribution < 1.29 is 14.4 Å². The van der Waals surface area contributed by atoms with Gasteiger partial charge in [0.15, 0.2) is 0 Å². The predicted molar refractivity (Wildman–Crippen MR) is 130 cm³/mol. The first-order chi connectivity index (χ1) is 16.1. The Morgan fingerprint density at radius 2 is 1.64 bits per heavy atom. The first-order valence-electron chi connectivity index (χ1n) is 11.6. The summed E-state index contributed by atoms with van der Waals surface area (Å²) in [6.45, 7) is 7.65. The van der Waals surface area contributed by atoms with Gasteiger partial charge in [0, 0.05) is 19.5 Å². The van der Waals surface area contributed by atoms with Gasteiger partial charge in [0.25, 0.3) is 0 Å². The summed E-state index contributed by atoms with van der Waals surface area (Å²) in [4.78, 5) is 35.9. The van der Waals surface area contributed by atoms with Crippen LogP contribution in [-0.4, -0.2) is 73.2 Å². The normalized spacial score (nSPS) is 17.1. The van der Waals surface area contributed by atoms with E-state index in [2.05, 4.69) is 29.2 Å². The van der Waals surface area contributed by atoms with Gasteiger partial charge in [-0.15, -0.1) is 0 Å². The van der Waals surface area contributed by atoms with Crippen LogP contribution in [0.1, 0.15) is 37.3 Å². The average molecular weight is 451 g/mol. The van der Waals surface area contributed by atoms with E-state index in [0.29, 0.717) is 18.7 Å². The maximum atomic E-state index is 13.9. The number of likely N-dealkylation sites (N-methyl/N-ethyl adjacent to an activating group) is 1. The first-order valence-corrected chi connectivity index (χ1v) is 11.6. The maximum absolute atomic E-state index is 13.9. The lowest BCUT2D eigenvalue weighted by molar-refractivity contribution is -0.138.